The van der Waals surface area contributed by atoms with Gasteiger partial charge in [-0.2, -0.15) is 4.98 Å². The number of nitrogens with zero attached hydrogens (tertiary/aromatic N) is 2. The molecule has 0 unspecified atom stereocenters. The molecule has 0 bridgehead atoms. The number of amides is 1. The lowest BCUT2D eigenvalue weighted by Crippen LogP contribution is -2.16. The number of hydrogen-bond acceptors (Lipinski definition) is 8. The van der Waals surface area contributed by atoms with Crippen LogP contribution in [-0.4, -0.2) is 39.4 Å². The Labute approximate surface area is 146 Å². The molecule has 0 spiro atoms. The second-order valence-corrected chi connectivity index (χ2v) is 5.81. The molecule has 25 heavy (non-hydrogen) atoms. The van der Waals surface area contributed by atoms with Crippen LogP contribution in [-0.2, 0) is 9.53 Å². The number of H-pyrrole nitrogens is 1. The number of para-hydroxylation sites is 1. The van der Waals surface area contributed by atoms with Gasteiger partial charge >= 0.3 is 5.97 Å². The lowest BCUT2D eigenvalue weighted by Gasteiger charge is -2.05. The summed E-state index contributed by atoms with van der Waals surface area (Å²) in [5.41, 5.74) is 6.20. The summed E-state index contributed by atoms with van der Waals surface area (Å²) in [4.78, 5) is 28.2. The number of nitrogen functional groups attached to an aromatic ring is 1. The van der Waals surface area contributed by atoms with E-state index < -0.39 is 5.97 Å². The van der Waals surface area contributed by atoms with Gasteiger partial charge in [-0.05, 0) is 19.1 Å². The van der Waals surface area contributed by atoms with E-state index in [1.54, 1.807) is 31.2 Å². The first-order chi connectivity index (χ1) is 12.1. The summed E-state index contributed by atoms with van der Waals surface area (Å²) < 4.78 is 10.5. The van der Waals surface area contributed by atoms with Gasteiger partial charge in [0.2, 0.25) is 22.8 Å². The molecule has 0 saturated heterocycles. The molecule has 0 saturated carbocycles. The molecule has 0 fully saturated rings. The molecule has 0 radical (unpaired) electrons. The third kappa shape index (κ3) is 3.74. The monoisotopic (exact) mass is 361 g/mol. The first kappa shape index (κ1) is 16.8. The summed E-state index contributed by atoms with van der Waals surface area (Å²) in [6.45, 7) is 1.89. The number of ether oxygens (including phenoxy) is 1. The first-order valence-electron chi connectivity index (χ1n) is 7.37. The second-order valence-electron chi connectivity index (χ2n) is 4.86. The molecule has 0 aliphatic carbocycles. The topological polar surface area (TPSA) is 136 Å². The van der Waals surface area contributed by atoms with Gasteiger partial charge < -0.3 is 20.2 Å². The Morgan fingerprint density at radius 2 is 2.20 bits per heavy atom. The van der Waals surface area contributed by atoms with Gasteiger partial charge in [-0.25, -0.2) is 9.89 Å². The van der Waals surface area contributed by atoms with E-state index >= 15 is 0 Å². The fourth-order valence-corrected chi connectivity index (χ4v) is 2.74. The number of nitrogens with one attached hydrogen (secondary N) is 2. The molecule has 10 heteroatoms. The normalized spacial score (nSPS) is 10.8. The van der Waals surface area contributed by atoms with Crippen molar-refractivity contribution >= 4 is 46.2 Å². The number of furan rings is 1. The predicted octanol–water partition coefficient (Wildman–Crippen LogP) is 2.04. The summed E-state index contributed by atoms with van der Waals surface area (Å²) >= 11 is 1.11. The Balaban J connectivity index is 1.80. The zero-order valence-corrected chi connectivity index (χ0v) is 14.1. The number of aromatic nitrogens is 3. The van der Waals surface area contributed by atoms with Gasteiger partial charge in [0.25, 0.3) is 0 Å². The van der Waals surface area contributed by atoms with Crippen LogP contribution in [0.3, 0.4) is 0 Å². The summed E-state index contributed by atoms with van der Waals surface area (Å²) in [6, 6.07) is 7.02. The minimum Gasteiger partial charge on any atom is -0.460 e. The van der Waals surface area contributed by atoms with Crippen molar-refractivity contribution in [1.82, 2.24) is 15.2 Å². The van der Waals surface area contributed by atoms with Crippen molar-refractivity contribution in [2.75, 3.05) is 23.4 Å². The number of rotatable bonds is 6. The van der Waals surface area contributed by atoms with Crippen molar-refractivity contribution in [3.05, 3.63) is 30.0 Å². The van der Waals surface area contributed by atoms with Crippen LogP contribution in [0.2, 0.25) is 0 Å². The van der Waals surface area contributed by atoms with Crippen molar-refractivity contribution in [3.63, 3.8) is 0 Å². The average molecular weight is 361 g/mol. The summed E-state index contributed by atoms with van der Waals surface area (Å²) in [7, 11) is 0. The number of aromatic amines is 1. The molecule has 3 aromatic rings. The average Bonchev–Trinajstić information content (AvgIpc) is 3.17. The standard InChI is InChI=1S/C15H15N5O4S/c1-2-23-13(22)12-11(8-5-3-4-6-9(8)24-12)17-10(21)7-25-15-18-14(16)19-20-15/h3-6H,2,7H2,1H3,(H,17,21)(H3,16,18,19,20). The Morgan fingerprint density at radius 1 is 1.40 bits per heavy atom. The first-order valence-corrected chi connectivity index (χ1v) is 8.36. The lowest BCUT2D eigenvalue weighted by atomic mass is 10.2. The maximum atomic E-state index is 12.2. The zero-order chi connectivity index (χ0) is 17.8. The van der Waals surface area contributed by atoms with Crippen molar-refractivity contribution in [2.45, 2.75) is 12.1 Å². The molecule has 2 heterocycles. The van der Waals surface area contributed by atoms with Gasteiger partial charge in [0.1, 0.15) is 11.3 Å². The van der Waals surface area contributed by atoms with E-state index in [-0.39, 0.29) is 35.7 Å². The molecule has 0 aliphatic heterocycles. The second kappa shape index (κ2) is 7.26. The minimum atomic E-state index is -0.636. The molecule has 0 atom stereocenters. The molecule has 3 rings (SSSR count). The minimum absolute atomic E-state index is 0.0384. The van der Waals surface area contributed by atoms with Crippen LogP contribution >= 0.6 is 11.8 Å². The highest BCUT2D eigenvalue weighted by Crippen LogP contribution is 2.31. The van der Waals surface area contributed by atoms with Gasteiger partial charge in [-0.1, -0.05) is 23.9 Å². The highest BCUT2D eigenvalue weighted by molar-refractivity contribution is 7.99. The summed E-state index contributed by atoms with van der Waals surface area (Å²) in [6.07, 6.45) is 0. The van der Waals surface area contributed by atoms with E-state index in [0.29, 0.717) is 16.1 Å². The molecular weight excluding hydrogens is 346 g/mol. The van der Waals surface area contributed by atoms with Gasteiger partial charge in [0.15, 0.2) is 0 Å². The van der Waals surface area contributed by atoms with E-state index in [4.69, 9.17) is 14.9 Å². The van der Waals surface area contributed by atoms with Gasteiger partial charge in [-0.3, -0.25) is 4.79 Å². The van der Waals surface area contributed by atoms with Crippen LogP contribution in [0.25, 0.3) is 11.0 Å². The van der Waals surface area contributed by atoms with Crippen LogP contribution in [0.5, 0.6) is 0 Å². The van der Waals surface area contributed by atoms with Crippen LogP contribution in [0.1, 0.15) is 17.5 Å². The summed E-state index contributed by atoms with van der Waals surface area (Å²) in [5.74, 6) is -0.801. The predicted molar refractivity (Wildman–Crippen MR) is 92.3 cm³/mol. The largest absolute Gasteiger partial charge is 0.460 e. The van der Waals surface area contributed by atoms with Crippen molar-refractivity contribution in [2.24, 2.45) is 0 Å². The van der Waals surface area contributed by atoms with Crippen molar-refractivity contribution < 1.29 is 18.7 Å². The summed E-state index contributed by atoms with van der Waals surface area (Å²) in [5, 5.41) is 9.99. The number of benzene rings is 1. The highest BCUT2D eigenvalue weighted by Gasteiger charge is 2.23. The Morgan fingerprint density at radius 3 is 2.92 bits per heavy atom. The smallest absolute Gasteiger partial charge is 0.376 e. The fourth-order valence-electron chi connectivity index (χ4n) is 2.14. The number of carbonyl (C=O) groups excluding carboxylic acids is 2. The molecular formula is C15H15N5O4S. The van der Waals surface area contributed by atoms with Crippen LogP contribution in [0.15, 0.2) is 33.8 Å². The van der Waals surface area contributed by atoms with E-state index in [9.17, 15) is 9.59 Å². The van der Waals surface area contributed by atoms with Crippen LogP contribution < -0.4 is 11.1 Å². The van der Waals surface area contributed by atoms with E-state index in [1.165, 1.54) is 0 Å². The van der Waals surface area contributed by atoms with E-state index in [2.05, 4.69) is 20.5 Å². The van der Waals surface area contributed by atoms with Crippen LogP contribution in [0.4, 0.5) is 11.6 Å². The highest BCUT2D eigenvalue weighted by atomic mass is 32.2. The van der Waals surface area contributed by atoms with Gasteiger partial charge in [0, 0.05) is 5.39 Å². The molecule has 130 valence electrons. The molecule has 9 nitrogen and oxygen atoms in total. The molecule has 1 aromatic carbocycles. The molecule has 4 N–H and O–H groups in total. The maximum absolute atomic E-state index is 12.2. The van der Waals surface area contributed by atoms with E-state index in [1.807, 2.05) is 0 Å². The number of thioether (sulfide) groups is 1. The number of anilines is 2. The molecule has 1 amide bonds. The maximum Gasteiger partial charge on any atom is 0.376 e. The molecule has 2 aromatic heterocycles. The Hall–Kier alpha value is -3.01. The quantitative estimate of drug-likeness (QED) is 0.448. The third-order valence-electron chi connectivity index (χ3n) is 3.14. The van der Waals surface area contributed by atoms with Crippen LogP contribution in [0, 0.1) is 0 Å². The third-order valence-corrected chi connectivity index (χ3v) is 3.98. The molecule has 0 aliphatic rings. The van der Waals surface area contributed by atoms with Gasteiger partial charge in [-0.15, -0.1) is 5.10 Å². The SMILES string of the molecule is CCOC(=O)c1oc2ccccc2c1NC(=O)CSc1n[nH]c(N)n1. The van der Waals surface area contributed by atoms with E-state index in [0.717, 1.165) is 11.8 Å². The fraction of sp³-hybridized carbons (Fsp3) is 0.200. The van der Waals surface area contributed by atoms with Crippen molar-refractivity contribution in [1.29, 1.82) is 0 Å². The number of esters is 1. The number of hydrogen-bond donors (Lipinski definition) is 3. The Kier molecular flexibility index (Phi) is 4.89. The van der Waals surface area contributed by atoms with Gasteiger partial charge in [0.05, 0.1) is 12.4 Å². The van der Waals surface area contributed by atoms with Crippen molar-refractivity contribution in [3.8, 4) is 0 Å². The number of carbonyl (C=O) groups is 2. The number of fused-ring (bicyclic) bond motifs is 1. The Bertz CT molecular complexity index is 920. The zero-order valence-electron chi connectivity index (χ0n) is 13.2. The number of nitrogens with two attached hydrogens (primary N) is 1. The lowest BCUT2D eigenvalue weighted by molar-refractivity contribution is -0.113.